The highest BCUT2D eigenvalue weighted by atomic mass is 19.3. The minimum absolute atomic E-state index is 0.0403. The first-order chi connectivity index (χ1) is 13.4. The molecule has 1 rings (SSSR count). The van der Waals surface area contributed by atoms with Crippen molar-refractivity contribution in [3.8, 4) is 11.5 Å². The Labute approximate surface area is 166 Å². The number of alkyl halides is 2. The van der Waals surface area contributed by atoms with Crippen molar-refractivity contribution in [3.05, 3.63) is 23.8 Å². The molecular weight excluding hydrogens is 368 g/mol. The fraction of sp³-hybridized carbons (Fsp3) is 0.650. The third-order valence-electron chi connectivity index (χ3n) is 4.08. The second kappa shape index (κ2) is 13.1. The second-order valence-electron chi connectivity index (χ2n) is 6.43. The van der Waals surface area contributed by atoms with E-state index in [4.69, 9.17) is 9.47 Å². The number of hydrogen-bond acceptors (Lipinski definition) is 4. The fourth-order valence-electron chi connectivity index (χ4n) is 2.75. The molecule has 0 aliphatic carbocycles. The highest BCUT2D eigenvalue weighted by molar-refractivity contribution is 5.79. The molecule has 0 heterocycles. The van der Waals surface area contributed by atoms with Gasteiger partial charge in [0.2, 0.25) is 0 Å². The van der Waals surface area contributed by atoms with Crippen LogP contribution >= 0.6 is 0 Å². The van der Waals surface area contributed by atoms with Gasteiger partial charge < -0.3 is 24.8 Å². The minimum atomic E-state index is -2.93. The lowest BCUT2D eigenvalue weighted by atomic mass is 10.0. The Morgan fingerprint density at radius 1 is 1.14 bits per heavy atom. The normalized spacial score (nSPS) is 13.0. The number of hydrogen-bond donors (Lipinski definition) is 2. The van der Waals surface area contributed by atoms with E-state index in [9.17, 15) is 8.78 Å². The molecule has 0 amide bonds. The molecule has 8 heteroatoms. The number of halogens is 2. The predicted octanol–water partition coefficient (Wildman–Crippen LogP) is 3.80. The van der Waals surface area contributed by atoms with Crippen LogP contribution in [-0.2, 0) is 11.3 Å². The Kier molecular flexibility index (Phi) is 11.2. The summed E-state index contributed by atoms with van der Waals surface area (Å²) in [4.78, 5) is 4.17. The van der Waals surface area contributed by atoms with Crippen LogP contribution in [0, 0.1) is 5.92 Å². The number of nitrogens with one attached hydrogen (secondary N) is 2. The van der Waals surface area contributed by atoms with E-state index in [0.29, 0.717) is 42.9 Å². The van der Waals surface area contributed by atoms with Crippen molar-refractivity contribution in [2.24, 2.45) is 10.9 Å². The molecule has 6 nitrogen and oxygen atoms in total. The van der Waals surface area contributed by atoms with Crippen LogP contribution in [0.1, 0.15) is 39.7 Å². The number of benzene rings is 1. The van der Waals surface area contributed by atoms with E-state index >= 15 is 0 Å². The number of para-hydroxylation sites is 1. The van der Waals surface area contributed by atoms with Crippen molar-refractivity contribution in [3.63, 3.8) is 0 Å². The smallest absolute Gasteiger partial charge is 0.387 e. The minimum Gasteiger partial charge on any atom is -0.490 e. The van der Waals surface area contributed by atoms with Gasteiger partial charge in [-0.2, -0.15) is 8.78 Å². The van der Waals surface area contributed by atoms with Gasteiger partial charge in [-0.3, -0.25) is 4.99 Å². The first-order valence-electron chi connectivity index (χ1n) is 9.68. The number of rotatable bonds is 12. The summed E-state index contributed by atoms with van der Waals surface area (Å²) in [5.41, 5.74) is 0.559. The van der Waals surface area contributed by atoms with Crippen LogP contribution < -0.4 is 20.1 Å². The Balaban J connectivity index is 2.69. The summed E-state index contributed by atoms with van der Waals surface area (Å²) in [6, 6.07) is 5.06. The van der Waals surface area contributed by atoms with E-state index in [0.717, 1.165) is 6.42 Å². The average molecular weight is 401 g/mol. The van der Waals surface area contributed by atoms with Gasteiger partial charge in [-0.25, -0.2) is 0 Å². The fourth-order valence-corrected chi connectivity index (χ4v) is 2.75. The van der Waals surface area contributed by atoms with E-state index in [2.05, 4.69) is 34.2 Å². The Morgan fingerprint density at radius 2 is 1.89 bits per heavy atom. The second-order valence-corrected chi connectivity index (χ2v) is 6.43. The quantitative estimate of drug-likeness (QED) is 0.412. The number of aliphatic imine (C=N–C) groups is 1. The molecule has 1 aromatic carbocycles. The van der Waals surface area contributed by atoms with Gasteiger partial charge >= 0.3 is 6.61 Å². The van der Waals surface area contributed by atoms with E-state index < -0.39 is 6.61 Å². The van der Waals surface area contributed by atoms with Crippen LogP contribution in [0.3, 0.4) is 0 Å². The number of nitrogens with zero attached hydrogens (tertiary/aromatic N) is 1. The molecule has 0 radical (unpaired) electrons. The maximum atomic E-state index is 12.8. The molecule has 0 aromatic heterocycles. The van der Waals surface area contributed by atoms with Crippen molar-refractivity contribution in [1.82, 2.24) is 10.6 Å². The Hall–Kier alpha value is -2.09. The SMILES string of the molecule is CCOc1cccc(CNC(=NC)NCCC(OCC)C(C)C)c1OC(F)F. The highest BCUT2D eigenvalue weighted by Crippen LogP contribution is 2.32. The third-order valence-corrected chi connectivity index (χ3v) is 4.08. The Bertz CT molecular complexity index is 598. The van der Waals surface area contributed by atoms with Crippen LogP contribution in [0.4, 0.5) is 8.78 Å². The maximum Gasteiger partial charge on any atom is 0.387 e. The number of ether oxygens (including phenoxy) is 3. The lowest BCUT2D eigenvalue weighted by Gasteiger charge is -2.22. The van der Waals surface area contributed by atoms with Crippen LogP contribution in [0.2, 0.25) is 0 Å². The molecule has 0 saturated heterocycles. The summed E-state index contributed by atoms with van der Waals surface area (Å²) in [6.45, 7) is 7.09. The predicted molar refractivity (Wildman–Crippen MR) is 107 cm³/mol. The van der Waals surface area contributed by atoms with Crippen molar-refractivity contribution < 1.29 is 23.0 Å². The van der Waals surface area contributed by atoms with Crippen LogP contribution in [-0.4, -0.2) is 45.5 Å². The average Bonchev–Trinajstić information content (AvgIpc) is 2.65. The van der Waals surface area contributed by atoms with E-state index in [1.165, 1.54) is 0 Å². The molecule has 0 fully saturated rings. The molecule has 2 N–H and O–H groups in total. The van der Waals surface area contributed by atoms with E-state index in [1.807, 2.05) is 6.92 Å². The molecule has 0 saturated carbocycles. The van der Waals surface area contributed by atoms with Gasteiger partial charge in [-0.1, -0.05) is 26.0 Å². The molecule has 1 unspecified atom stereocenters. The van der Waals surface area contributed by atoms with Crippen molar-refractivity contribution in [2.75, 3.05) is 26.8 Å². The summed E-state index contributed by atoms with van der Waals surface area (Å²) >= 11 is 0. The first kappa shape index (κ1) is 23.9. The van der Waals surface area contributed by atoms with Gasteiger partial charge in [-0.05, 0) is 32.3 Å². The van der Waals surface area contributed by atoms with Gasteiger partial charge in [0.1, 0.15) is 0 Å². The monoisotopic (exact) mass is 401 g/mol. The summed E-state index contributed by atoms with van der Waals surface area (Å²) in [6.07, 6.45) is 1.01. The zero-order valence-electron chi connectivity index (χ0n) is 17.4. The van der Waals surface area contributed by atoms with Crippen LogP contribution in [0.25, 0.3) is 0 Å². The molecule has 1 aromatic rings. The molecule has 0 bridgehead atoms. The zero-order valence-corrected chi connectivity index (χ0v) is 17.4. The molecule has 0 aliphatic heterocycles. The Morgan fingerprint density at radius 3 is 2.46 bits per heavy atom. The summed E-state index contributed by atoms with van der Waals surface area (Å²) < 4.78 is 41.4. The van der Waals surface area contributed by atoms with Crippen LogP contribution in [0.5, 0.6) is 11.5 Å². The van der Waals surface area contributed by atoms with Gasteiger partial charge in [0.05, 0.1) is 12.7 Å². The third kappa shape index (κ3) is 8.29. The topological polar surface area (TPSA) is 64.1 Å². The molecule has 0 aliphatic rings. The zero-order chi connectivity index (χ0) is 20.9. The van der Waals surface area contributed by atoms with Crippen molar-refractivity contribution in [2.45, 2.75) is 53.4 Å². The van der Waals surface area contributed by atoms with Gasteiger partial charge in [0.25, 0.3) is 0 Å². The lowest BCUT2D eigenvalue weighted by Crippen LogP contribution is -2.39. The molecule has 160 valence electrons. The first-order valence-corrected chi connectivity index (χ1v) is 9.68. The van der Waals surface area contributed by atoms with E-state index in [-0.39, 0.29) is 18.4 Å². The lowest BCUT2D eigenvalue weighted by molar-refractivity contribution is -0.0520. The summed E-state index contributed by atoms with van der Waals surface area (Å²) in [7, 11) is 1.66. The van der Waals surface area contributed by atoms with Crippen molar-refractivity contribution in [1.29, 1.82) is 0 Å². The van der Waals surface area contributed by atoms with Gasteiger partial charge in [0.15, 0.2) is 17.5 Å². The standard InChI is InChI=1S/C20H33F2N3O3/c1-6-26-16(14(3)4)11-12-24-20(23-5)25-13-15-9-8-10-17(27-7-2)18(15)28-19(21)22/h8-10,14,16,19H,6-7,11-13H2,1-5H3,(H2,23,24,25). The van der Waals surface area contributed by atoms with E-state index in [1.54, 1.807) is 32.2 Å². The molecule has 28 heavy (non-hydrogen) atoms. The van der Waals surface area contributed by atoms with Gasteiger partial charge in [-0.15, -0.1) is 0 Å². The largest absolute Gasteiger partial charge is 0.490 e. The summed E-state index contributed by atoms with van der Waals surface area (Å²) in [5.74, 6) is 1.33. The number of guanidine groups is 1. The van der Waals surface area contributed by atoms with Crippen LogP contribution in [0.15, 0.2) is 23.2 Å². The summed E-state index contributed by atoms with van der Waals surface area (Å²) in [5, 5.41) is 6.34. The van der Waals surface area contributed by atoms with Gasteiger partial charge in [0, 0.05) is 32.3 Å². The highest BCUT2D eigenvalue weighted by Gasteiger charge is 2.16. The molecule has 0 spiro atoms. The maximum absolute atomic E-state index is 12.8. The molecular formula is C20H33F2N3O3. The molecule has 1 atom stereocenters. The van der Waals surface area contributed by atoms with Crippen molar-refractivity contribution >= 4 is 5.96 Å².